The van der Waals surface area contributed by atoms with E-state index in [1.807, 2.05) is 36.5 Å². The molecule has 0 aliphatic carbocycles. The zero-order valence-corrected chi connectivity index (χ0v) is 17.8. The van der Waals surface area contributed by atoms with Crippen molar-refractivity contribution in [3.8, 4) is 5.69 Å². The fourth-order valence-corrected chi connectivity index (χ4v) is 3.15. The van der Waals surface area contributed by atoms with E-state index >= 15 is 0 Å². The Hall–Kier alpha value is -1.82. The molecular weight excluding hydrogens is 484 g/mol. The predicted molar refractivity (Wildman–Crippen MR) is 113 cm³/mol. The van der Waals surface area contributed by atoms with Gasteiger partial charge in [-0.15, -0.1) is 24.0 Å². The van der Waals surface area contributed by atoms with E-state index in [9.17, 15) is 13.2 Å². The molecule has 10 heteroatoms. The molecule has 2 heterocycles. The number of aliphatic imine (C=N–C) groups is 1. The fourth-order valence-electron chi connectivity index (χ4n) is 3.15. The van der Waals surface area contributed by atoms with Crippen LogP contribution in [0.25, 0.3) is 5.69 Å². The number of benzene rings is 1. The Morgan fingerprint density at radius 3 is 2.82 bits per heavy atom. The van der Waals surface area contributed by atoms with Crippen LogP contribution in [0.1, 0.15) is 12.0 Å². The summed E-state index contributed by atoms with van der Waals surface area (Å²) in [7, 11) is 1.65. The minimum Gasteiger partial charge on any atom is -0.352 e. The van der Waals surface area contributed by atoms with Crippen LogP contribution < -0.4 is 10.6 Å². The van der Waals surface area contributed by atoms with Crippen LogP contribution in [0.15, 0.2) is 47.7 Å². The summed E-state index contributed by atoms with van der Waals surface area (Å²) in [4.78, 5) is 5.59. The second-order valence-electron chi connectivity index (χ2n) is 6.53. The van der Waals surface area contributed by atoms with E-state index in [2.05, 4.69) is 20.7 Å². The number of nitrogens with one attached hydrogen (secondary N) is 2. The first-order valence-corrected chi connectivity index (χ1v) is 8.78. The first-order valence-electron chi connectivity index (χ1n) is 8.78. The molecule has 6 nitrogen and oxygen atoms in total. The molecule has 28 heavy (non-hydrogen) atoms. The van der Waals surface area contributed by atoms with Crippen molar-refractivity contribution >= 4 is 29.9 Å². The molecule has 0 bridgehead atoms. The Bertz CT molecular complexity index is 763. The molecule has 0 saturated carbocycles. The van der Waals surface area contributed by atoms with Gasteiger partial charge in [-0.2, -0.15) is 18.3 Å². The maximum absolute atomic E-state index is 12.5. The average molecular weight is 508 g/mol. The third kappa shape index (κ3) is 6.66. The van der Waals surface area contributed by atoms with E-state index in [0.717, 1.165) is 11.3 Å². The summed E-state index contributed by atoms with van der Waals surface area (Å²) in [5.41, 5.74) is 2.01. The summed E-state index contributed by atoms with van der Waals surface area (Å²) in [6, 6.07) is 9.75. The summed E-state index contributed by atoms with van der Waals surface area (Å²) >= 11 is 0. The number of halogens is 4. The highest BCUT2D eigenvalue weighted by Gasteiger charge is 2.34. The zero-order chi connectivity index (χ0) is 19.3. The minimum atomic E-state index is -4.16. The van der Waals surface area contributed by atoms with Gasteiger partial charge < -0.3 is 10.6 Å². The number of hydrogen-bond acceptors (Lipinski definition) is 3. The van der Waals surface area contributed by atoms with Gasteiger partial charge in [-0.25, -0.2) is 4.68 Å². The highest BCUT2D eigenvalue weighted by Crippen LogP contribution is 2.20. The lowest BCUT2D eigenvalue weighted by Gasteiger charge is -2.20. The van der Waals surface area contributed by atoms with E-state index < -0.39 is 12.7 Å². The number of likely N-dealkylation sites (tertiary alicyclic amines) is 1. The zero-order valence-electron chi connectivity index (χ0n) is 15.5. The van der Waals surface area contributed by atoms with Gasteiger partial charge in [0.1, 0.15) is 0 Å². The molecule has 1 aliphatic rings. The quantitative estimate of drug-likeness (QED) is 0.371. The van der Waals surface area contributed by atoms with Crippen LogP contribution in [-0.2, 0) is 6.54 Å². The van der Waals surface area contributed by atoms with E-state index in [1.54, 1.807) is 17.9 Å². The Morgan fingerprint density at radius 1 is 1.32 bits per heavy atom. The maximum Gasteiger partial charge on any atom is 0.401 e. The molecule has 154 valence electrons. The lowest BCUT2D eigenvalue weighted by atomic mass is 10.2. The van der Waals surface area contributed by atoms with Crippen molar-refractivity contribution in [2.24, 2.45) is 4.99 Å². The summed E-state index contributed by atoms with van der Waals surface area (Å²) in [5.74, 6) is 0.582. The van der Waals surface area contributed by atoms with Crippen LogP contribution in [0, 0.1) is 0 Å². The van der Waals surface area contributed by atoms with Gasteiger partial charge in [-0.1, -0.05) is 12.1 Å². The van der Waals surface area contributed by atoms with Gasteiger partial charge in [-0.3, -0.25) is 9.89 Å². The summed E-state index contributed by atoms with van der Waals surface area (Å²) in [6.45, 7) is 0.472. The highest BCUT2D eigenvalue weighted by atomic mass is 127. The number of rotatable bonds is 5. The molecule has 0 radical (unpaired) electrons. The van der Waals surface area contributed by atoms with Crippen LogP contribution >= 0.6 is 24.0 Å². The molecule has 1 aliphatic heterocycles. The fraction of sp³-hybridized carbons (Fsp3) is 0.444. The van der Waals surface area contributed by atoms with Crippen molar-refractivity contribution in [3.63, 3.8) is 0 Å². The van der Waals surface area contributed by atoms with Crippen molar-refractivity contribution in [2.75, 3.05) is 26.7 Å². The van der Waals surface area contributed by atoms with Crippen molar-refractivity contribution in [3.05, 3.63) is 48.3 Å². The molecule has 0 amide bonds. The maximum atomic E-state index is 12.5. The summed E-state index contributed by atoms with van der Waals surface area (Å²) in [5, 5.41) is 10.6. The minimum absolute atomic E-state index is 0. The molecule has 0 spiro atoms. The van der Waals surface area contributed by atoms with E-state index in [1.165, 1.54) is 4.90 Å². The smallest absolute Gasteiger partial charge is 0.352 e. The third-order valence-corrected chi connectivity index (χ3v) is 4.38. The number of hydrogen-bond donors (Lipinski definition) is 2. The van der Waals surface area contributed by atoms with Crippen LogP contribution in [0.2, 0.25) is 0 Å². The lowest BCUT2D eigenvalue weighted by molar-refractivity contribution is -0.143. The Balaban J connectivity index is 0.00000280. The van der Waals surface area contributed by atoms with Crippen LogP contribution in [0.5, 0.6) is 0 Å². The standard InChI is InChI=1S/C18H23F3N6.HI/c1-22-17(25-15-6-9-26(12-15)13-18(19,20)21)23-11-14-4-2-5-16(10-14)27-8-3-7-24-27;/h2-5,7-8,10,15H,6,9,11-13H2,1H3,(H2,22,23,25);1H. The average Bonchev–Trinajstić information content (AvgIpc) is 3.29. The number of alkyl halides is 3. The van der Waals surface area contributed by atoms with Crippen LogP contribution in [0.3, 0.4) is 0 Å². The Morgan fingerprint density at radius 2 is 2.14 bits per heavy atom. The van der Waals surface area contributed by atoms with Gasteiger partial charge in [-0.05, 0) is 30.2 Å². The second-order valence-corrected chi connectivity index (χ2v) is 6.53. The van der Waals surface area contributed by atoms with Crippen LogP contribution in [0.4, 0.5) is 13.2 Å². The van der Waals surface area contributed by atoms with Crippen molar-refractivity contribution in [2.45, 2.75) is 25.2 Å². The second kappa shape index (κ2) is 10.1. The monoisotopic (exact) mass is 508 g/mol. The van der Waals surface area contributed by atoms with E-state index in [4.69, 9.17) is 0 Å². The topological polar surface area (TPSA) is 57.5 Å². The third-order valence-electron chi connectivity index (χ3n) is 4.38. The van der Waals surface area contributed by atoms with Gasteiger partial charge >= 0.3 is 6.18 Å². The van der Waals surface area contributed by atoms with Crippen molar-refractivity contribution < 1.29 is 13.2 Å². The normalized spacial score (nSPS) is 18.0. The molecule has 1 unspecified atom stereocenters. The lowest BCUT2D eigenvalue weighted by Crippen LogP contribution is -2.44. The Kier molecular flexibility index (Phi) is 8.10. The summed E-state index contributed by atoms with van der Waals surface area (Å²) in [6.07, 6.45) is 0.0974. The largest absolute Gasteiger partial charge is 0.401 e. The van der Waals surface area contributed by atoms with Crippen molar-refractivity contribution in [1.29, 1.82) is 0 Å². The highest BCUT2D eigenvalue weighted by molar-refractivity contribution is 14.0. The molecular formula is C18H24F3IN6. The van der Waals surface area contributed by atoms with Gasteiger partial charge in [0.2, 0.25) is 0 Å². The Labute approximate surface area is 179 Å². The van der Waals surface area contributed by atoms with Crippen LogP contribution in [-0.4, -0.2) is 59.5 Å². The number of aromatic nitrogens is 2. The predicted octanol–water partition coefficient (Wildman–Crippen LogP) is 2.79. The molecule has 1 fully saturated rings. The molecule has 1 aromatic heterocycles. The van der Waals surface area contributed by atoms with Gasteiger partial charge in [0, 0.05) is 45.1 Å². The molecule has 2 N–H and O–H groups in total. The number of guanidine groups is 1. The van der Waals surface area contributed by atoms with Crippen molar-refractivity contribution in [1.82, 2.24) is 25.3 Å². The molecule has 1 aromatic carbocycles. The van der Waals surface area contributed by atoms with E-state index in [-0.39, 0.29) is 30.0 Å². The summed E-state index contributed by atoms with van der Waals surface area (Å²) < 4.78 is 39.3. The molecule has 1 saturated heterocycles. The van der Waals surface area contributed by atoms with Gasteiger partial charge in [0.15, 0.2) is 5.96 Å². The first-order chi connectivity index (χ1) is 12.9. The van der Waals surface area contributed by atoms with Gasteiger partial charge in [0.05, 0.1) is 12.2 Å². The molecule has 3 rings (SSSR count). The van der Waals surface area contributed by atoms with Gasteiger partial charge in [0.25, 0.3) is 0 Å². The SMILES string of the molecule is CN=C(NCc1cccc(-n2cccn2)c1)NC1CCN(CC(F)(F)F)C1.I. The molecule has 1 atom stereocenters. The molecule has 2 aromatic rings. The van der Waals surface area contributed by atoms with E-state index in [0.29, 0.717) is 32.0 Å². The number of nitrogens with zero attached hydrogens (tertiary/aromatic N) is 4. The first kappa shape index (κ1) is 22.5.